The van der Waals surface area contributed by atoms with E-state index in [1.54, 1.807) is 0 Å². The maximum absolute atomic E-state index is 12.2. The number of carboxylic acids is 1. The first-order valence-corrected chi connectivity index (χ1v) is 9.59. The summed E-state index contributed by atoms with van der Waals surface area (Å²) in [5.41, 5.74) is 3.86. The molecule has 0 heterocycles. The van der Waals surface area contributed by atoms with Crippen molar-refractivity contribution in [3.05, 3.63) is 59.7 Å². The number of carbonyl (C=O) groups is 3. The molecule has 29 heavy (non-hydrogen) atoms. The van der Waals surface area contributed by atoms with E-state index in [1.165, 1.54) is 0 Å². The van der Waals surface area contributed by atoms with Gasteiger partial charge in [-0.05, 0) is 35.1 Å². The number of nitrogens with one attached hydrogen (secondary N) is 2. The lowest BCUT2D eigenvalue weighted by atomic mass is 9.98. The van der Waals surface area contributed by atoms with Crippen LogP contribution in [-0.4, -0.2) is 42.8 Å². The summed E-state index contributed by atoms with van der Waals surface area (Å²) in [6.07, 6.45) is 0.647. The lowest BCUT2D eigenvalue weighted by Crippen LogP contribution is -2.42. The fourth-order valence-corrected chi connectivity index (χ4v) is 3.87. The largest absolute Gasteiger partial charge is 0.480 e. The van der Waals surface area contributed by atoms with Crippen LogP contribution in [0.15, 0.2) is 48.5 Å². The zero-order chi connectivity index (χ0) is 20.4. The Bertz CT molecular complexity index is 922. The molecule has 0 aromatic heterocycles. The van der Waals surface area contributed by atoms with Crippen molar-refractivity contribution in [3.8, 4) is 11.1 Å². The minimum atomic E-state index is -1.10. The minimum Gasteiger partial charge on any atom is -0.480 e. The fraction of sp³-hybridized carbons (Fsp3) is 0.318. The highest BCUT2D eigenvalue weighted by molar-refractivity contribution is 5.88. The van der Waals surface area contributed by atoms with E-state index < -0.39 is 24.0 Å². The van der Waals surface area contributed by atoms with Gasteiger partial charge in [-0.3, -0.25) is 9.59 Å². The number of ether oxygens (including phenoxy) is 1. The molecule has 4 rings (SSSR count). The van der Waals surface area contributed by atoms with E-state index >= 15 is 0 Å². The number of aliphatic carboxylic acids is 1. The molecule has 0 spiro atoms. The number of benzene rings is 2. The van der Waals surface area contributed by atoms with Crippen molar-refractivity contribution in [1.29, 1.82) is 0 Å². The summed E-state index contributed by atoms with van der Waals surface area (Å²) in [5, 5.41) is 13.7. The van der Waals surface area contributed by atoms with Crippen LogP contribution in [0.1, 0.15) is 29.9 Å². The third kappa shape index (κ3) is 3.81. The van der Waals surface area contributed by atoms with Crippen molar-refractivity contribution in [2.24, 2.45) is 5.41 Å². The predicted molar refractivity (Wildman–Crippen MR) is 105 cm³/mol. The highest BCUT2D eigenvalue weighted by Gasteiger charge is 2.50. The SMILES string of the molecule is O=C(O)CNC(=O)C1(CNC(=O)OCC2c3ccccc3-c3ccccc32)CC1. The van der Waals surface area contributed by atoms with E-state index in [0.717, 1.165) is 22.3 Å². The maximum atomic E-state index is 12.2. The summed E-state index contributed by atoms with van der Waals surface area (Å²) in [5.74, 6) is -1.47. The Morgan fingerprint density at radius 1 is 0.966 bits per heavy atom. The molecule has 2 aromatic carbocycles. The molecule has 7 heteroatoms. The second-order valence-electron chi connectivity index (χ2n) is 7.54. The van der Waals surface area contributed by atoms with Gasteiger partial charge in [-0.25, -0.2) is 4.79 Å². The van der Waals surface area contributed by atoms with Crippen molar-refractivity contribution >= 4 is 18.0 Å². The number of rotatable bonds is 7. The van der Waals surface area contributed by atoms with Crippen LogP contribution in [0.5, 0.6) is 0 Å². The maximum Gasteiger partial charge on any atom is 0.407 e. The van der Waals surface area contributed by atoms with Gasteiger partial charge >= 0.3 is 12.1 Å². The van der Waals surface area contributed by atoms with E-state index in [9.17, 15) is 14.4 Å². The first kappa shape index (κ1) is 19.0. The standard InChI is InChI=1S/C22H22N2O5/c25-19(26)11-23-20(27)22(9-10-22)13-24-21(28)29-12-18-16-7-3-1-5-14(16)15-6-2-4-8-17(15)18/h1-8,18H,9-13H2,(H,23,27)(H,24,28)(H,25,26). The molecule has 0 radical (unpaired) electrons. The van der Waals surface area contributed by atoms with Crippen LogP contribution in [-0.2, 0) is 14.3 Å². The summed E-state index contributed by atoms with van der Waals surface area (Å²) in [7, 11) is 0. The quantitative estimate of drug-likeness (QED) is 0.669. The number of amides is 2. The molecule has 2 aromatic rings. The molecule has 1 fully saturated rings. The summed E-state index contributed by atoms with van der Waals surface area (Å²) in [6, 6.07) is 16.2. The summed E-state index contributed by atoms with van der Waals surface area (Å²) >= 11 is 0. The Morgan fingerprint density at radius 3 is 2.10 bits per heavy atom. The van der Waals surface area contributed by atoms with Crippen LogP contribution in [0, 0.1) is 5.41 Å². The number of carboxylic acid groups (broad SMARTS) is 1. The van der Waals surface area contributed by atoms with Gasteiger partial charge in [-0.2, -0.15) is 0 Å². The second kappa shape index (κ2) is 7.58. The minimum absolute atomic E-state index is 0.0260. The molecule has 2 aliphatic carbocycles. The Morgan fingerprint density at radius 2 is 1.55 bits per heavy atom. The number of hydrogen-bond acceptors (Lipinski definition) is 4. The van der Waals surface area contributed by atoms with Crippen molar-refractivity contribution in [1.82, 2.24) is 10.6 Å². The van der Waals surface area contributed by atoms with Gasteiger partial charge in [0.1, 0.15) is 13.2 Å². The van der Waals surface area contributed by atoms with Crippen LogP contribution >= 0.6 is 0 Å². The number of alkyl carbamates (subject to hydrolysis) is 1. The van der Waals surface area contributed by atoms with Gasteiger partial charge in [0, 0.05) is 12.5 Å². The van der Waals surface area contributed by atoms with E-state index in [2.05, 4.69) is 22.8 Å². The third-order valence-corrected chi connectivity index (χ3v) is 5.65. The molecule has 7 nitrogen and oxygen atoms in total. The van der Waals surface area contributed by atoms with Gasteiger partial charge in [-0.15, -0.1) is 0 Å². The van der Waals surface area contributed by atoms with Crippen LogP contribution < -0.4 is 10.6 Å². The molecule has 2 aliphatic rings. The predicted octanol–water partition coefficient (Wildman–Crippen LogP) is 2.51. The molecule has 1 saturated carbocycles. The van der Waals surface area contributed by atoms with E-state index in [1.807, 2.05) is 36.4 Å². The van der Waals surface area contributed by atoms with Crippen molar-refractivity contribution < 1.29 is 24.2 Å². The third-order valence-electron chi connectivity index (χ3n) is 5.65. The zero-order valence-electron chi connectivity index (χ0n) is 15.8. The van der Waals surface area contributed by atoms with E-state index in [4.69, 9.17) is 9.84 Å². The number of hydrogen-bond donors (Lipinski definition) is 3. The van der Waals surface area contributed by atoms with E-state index in [-0.39, 0.29) is 25.0 Å². The molecule has 2 amide bonds. The lowest BCUT2D eigenvalue weighted by molar-refractivity contribution is -0.138. The number of carbonyl (C=O) groups excluding carboxylic acids is 2. The number of fused-ring (bicyclic) bond motifs is 3. The Labute approximate surface area is 168 Å². The average molecular weight is 394 g/mol. The van der Waals surface area contributed by atoms with Crippen molar-refractivity contribution in [2.75, 3.05) is 19.7 Å². The highest BCUT2D eigenvalue weighted by atomic mass is 16.5. The van der Waals surface area contributed by atoms with Gasteiger partial charge < -0.3 is 20.5 Å². The van der Waals surface area contributed by atoms with Gasteiger partial charge in [0.2, 0.25) is 5.91 Å². The summed E-state index contributed by atoms with van der Waals surface area (Å²) in [6.45, 7) is -0.0846. The normalized spacial score (nSPS) is 15.7. The summed E-state index contributed by atoms with van der Waals surface area (Å²) in [4.78, 5) is 34.9. The van der Waals surface area contributed by atoms with Gasteiger partial charge in [0.05, 0.1) is 5.41 Å². The van der Waals surface area contributed by atoms with Gasteiger partial charge in [0.15, 0.2) is 0 Å². The van der Waals surface area contributed by atoms with Crippen molar-refractivity contribution in [2.45, 2.75) is 18.8 Å². The smallest absolute Gasteiger partial charge is 0.407 e. The molecule has 0 aliphatic heterocycles. The molecule has 3 N–H and O–H groups in total. The van der Waals surface area contributed by atoms with E-state index in [0.29, 0.717) is 12.8 Å². The van der Waals surface area contributed by atoms with Gasteiger partial charge in [0.25, 0.3) is 0 Å². The first-order valence-electron chi connectivity index (χ1n) is 9.59. The summed E-state index contributed by atoms with van der Waals surface area (Å²) < 4.78 is 5.46. The van der Waals surface area contributed by atoms with Crippen LogP contribution in [0.25, 0.3) is 11.1 Å². The topological polar surface area (TPSA) is 105 Å². The fourth-order valence-electron chi connectivity index (χ4n) is 3.87. The molecule has 0 unspecified atom stereocenters. The molecular formula is C22H22N2O5. The van der Waals surface area contributed by atoms with Crippen LogP contribution in [0.4, 0.5) is 4.79 Å². The van der Waals surface area contributed by atoms with Crippen LogP contribution in [0.3, 0.4) is 0 Å². The van der Waals surface area contributed by atoms with Gasteiger partial charge in [-0.1, -0.05) is 48.5 Å². The Balaban J connectivity index is 1.34. The second-order valence-corrected chi connectivity index (χ2v) is 7.54. The first-order chi connectivity index (χ1) is 14.0. The average Bonchev–Trinajstić information content (AvgIpc) is 3.46. The molecule has 150 valence electrons. The monoisotopic (exact) mass is 394 g/mol. The Hall–Kier alpha value is -3.35. The Kier molecular flexibility index (Phi) is 4.96. The molecule has 0 atom stereocenters. The highest BCUT2D eigenvalue weighted by Crippen LogP contribution is 2.46. The molecule has 0 saturated heterocycles. The molecular weight excluding hydrogens is 372 g/mol. The zero-order valence-corrected chi connectivity index (χ0v) is 15.8. The van der Waals surface area contributed by atoms with Crippen LogP contribution in [0.2, 0.25) is 0 Å². The molecule has 0 bridgehead atoms. The van der Waals surface area contributed by atoms with Crippen molar-refractivity contribution in [3.63, 3.8) is 0 Å². The lowest BCUT2D eigenvalue weighted by Gasteiger charge is -2.17.